The van der Waals surface area contributed by atoms with Crippen molar-refractivity contribution in [3.05, 3.63) is 45.6 Å². The van der Waals surface area contributed by atoms with Crippen LogP contribution < -0.4 is 15.5 Å². The molecule has 1 fully saturated rings. The van der Waals surface area contributed by atoms with Crippen molar-refractivity contribution in [2.45, 2.75) is 31.7 Å². The van der Waals surface area contributed by atoms with E-state index in [9.17, 15) is 4.79 Å². The molecule has 1 aliphatic rings. The van der Waals surface area contributed by atoms with Crippen LogP contribution in [-0.2, 0) is 0 Å². The standard InChI is InChI=1S/C22H26ClN5OS/c1-28(2)20-16-5-3-4-6-18(16)26-22(27-20)25-15-9-7-14(8-10-15)13-24-21(29)19-17(23)11-12-30-19/h3-6,11-12,14-15H,7-10,13H2,1-2H3,(H,24,29)(H,25,26,27). The van der Waals surface area contributed by atoms with Gasteiger partial charge in [-0.2, -0.15) is 4.98 Å². The van der Waals surface area contributed by atoms with E-state index in [4.69, 9.17) is 21.6 Å². The van der Waals surface area contributed by atoms with Crippen LogP contribution in [0.2, 0.25) is 5.02 Å². The molecule has 1 saturated carbocycles. The number of hydrogen-bond donors (Lipinski definition) is 2. The fourth-order valence-electron chi connectivity index (χ4n) is 3.93. The molecule has 0 atom stereocenters. The first-order chi connectivity index (χ1) is 14.5. The lowest BCUT2D eigenvalue weighted by molar-refractivity contribution is 0.0947. The first-order valence-corrected chi connectivity index (χ1v) is 11.5. The molecule has 1 aliphatic carbocycles. The van der Waals surface area contributed by atoms with Crippen molar-refractivity contribution in [3.8, 4) is 0 Å². The fraction of sp³-hybridized carbons (Fsp3) is 0.409. The van der Waals surface area contributed by atoms with Gasteiger partial charge in [-0.1, -0.05) is 23.7 Å². The smallest absolute Gasteiger partial charge is 0.262 e. The van der Waals surface area contributed by atoms with Crippen LogP contribution in [0.1, 0.15) is 35.4 Å². The molecule has 3 aromatic rings. The Morgan fingerprint density at radius 3 is 2.63 bits per heavy atom. The van der Waals surface area contributed by atoms with Gasteiger partial charge in [0.15, 0.2) is 0 Å². The van der Waals surface area contributed by atoms with Crippen molar-refractivity contribution in [2.75, 3.05) is 30.9 Å². The summed E-state index contributed by atoms with van der Waals surface area (Å²) in [6, 6.07) is 10.2. The lowest BCUT2D eigenvalue weighted by Crippen LogP contribution is -2.34. The number of nitrogens with zero attached hydrogens (tertiary/aromatic N) is 3. The molecule has 2 N–H and O–H groups in total. The number of rotatable bonds is 6. The Labute approximate surface area is 185 Å². The maximum atomic E-state index is 12.3. The largest absolute Gasteiger partial charge is 0.362 e. The molecule has 0 saturated heterocycles. The first kappa shape index (κ1) is 20.9. The normalized spacial score (nSPS) is 18.9. The number of para-hydroxylation sites is 1. The number of halogens is 1. The zero-order valence-corrected chi connectivity index (χ0v) is 18.8. The van der Waals surface area contributed by atoms with E-state index in [2.05, 4.69) is 16.7 Å². The number of carbonyl (C=O) groups excluding carboxylic acids is 1. The molecular weight excluding hydrogens is 418 g/mol. The quantitative estimate of drug-likeness (QED) is 0.572. The van der Waals surface area contributed by atoms with Gasteiger partial charge in [-0.15, -0.1) is 11.3 Å². The van der Waals surface area contributed by atoms with E-state index in [0.29, 0.717) is 34.4 Å². The number of carbonyl (C=O) groups is 1. The number of aromatic nitrogens is 2. The second kappa shape index (κ2) is 9.18. The highest BCUT2D eigenvalue weighted by atomic mass is 35.5. The number of fused-ring (bicyclic) bond motifs is 1. The Morgan fingerprint density at radius 1 is 1.17 bits per heavy atom. The van der Waals surface area contributed by atoms with Crippen LogP contribution in [0.15, 0.2) is 35.7 Å². The van der Waals surface area contributed by atoms with Crippen molar-refractivity contribution in [2.24, 2.45) is 5.92 Å². The summed E-state index contributed by atoms with van der Waals surface area (Å²) < 4.78 is 0. The molecule has 0 unspecified atom stereocenters. The van der Waals surface area contributed by atoms with Crippen LogP contribution in [0.3, 0.4) is 0 Å². The number of nitrogens with one attached hydrogen (secondary N) is 2. The van der Waals surface area contributed by atoms with Crippen molar-refractivity contribution in [1.82, 2.24) is 15.3 Å². The number of hydrogen-bond acceptors (Lipinski definition) is 6. The van der Waals surface area contributed by atoms with Gasteiger partial charge in [0.05, 0.1) is 10.5 Å². The van der Waals surface area contributed by atoms with Crippen molar-refractivity contribution < 1.29 is 4.79 Å². The molecule has 0 spiro atoms. The van der Waals surface area contributed by atoms with Gasteiger partial charge in [-0.3, -0.25) is 4.79 Å². The predicted molar refractivity (Wildman–Crippen MR) is 125 cm³/mol. The molecular formula is C22H26ClN5OS. The summed E-state index contributed by atoms with van der Waals surface area (Å²) in [6.45, 7) is 0.692. The molecule has 6 nitrogen and oxygen atoms in total. The molecule has 2 heterocycles. The Morgan fingerprint density at radius 2 is 1.93 bits per heavy atom. The second-order valence-corrected chi connectivity index (χ2v) is 9.28. The van der Waals surface area contributed by atoms with E-state index in [1.54, 1.807) is 6.07 Å². The summed E-state index contributed by atoms with van der Waals surface area (Å²) in [4.78, 5) is 24.3. The lowest BCUT2D eigenvalue weighted by atomic mass is 9.86. The Kier molecular flexibility index (Phi) is 6.39. The molecule has 158 valence electrons. The first-order valence-electron chi connectivity index (χ1n) is 10.2. The zero-order chi connectivity index (χ0) is 21.1. The van der Waals surface area contributed by atoms with Crippen molar-refractivity contribution in [3.63, 3.8) is 0 Å². The van der Waals surface area contributed by atoms with Crippen LogP contribution >= 0.6 is 22.9 Å². The average Bonchev–Trinajstić information content (AvgIpc) is 3.18. The summed E-state index contributed by atoms with van der Waals surface area (Å²) in [5, 5.41) is 9.99. The van der Waals surface area contributed by atoms with E-state index in [1.807, 2.05) is 42.6 Å². The Balaban J connectivity index is 1.33. The summed E-state index contributed by atoms with van der Waals surface area (Å²) in [5.41, 5.74) is 0.947. The van der Waals surface area contributed by atoms with Gasteiger partial charge in [-0.25, -0.2) is 4.98 Å². The van der Waals surface area contributed by atoms with Crippen LogP contribution in [0.25, 0.3) is 10.9 Å². The zero-order valence-electron chi connectivity index (χ0n) is 17.2. The second-order valence-electron chi connectivity index (χ2n) is 7.95. The van der Waals surface area contributed by atoms with Gasteiger partial charge < -0.3 is 15.5 Å². The van der Waals surface area contributed by atoms with Gasteiger partial charge in [-0.05, 0) is 55.2 Å². The third-order valence-electron chi connectivity index (χ3n) is 5.56. The summed E-state index contributed by atoms with van der Waals surface area (Å²) >= 11 is 7.42. The molecule has 8 heteroatoms. The molecule has 0 radical (unpaired) electrons. The number of benzene rings is 1. The predicted octanol–water partition coefficient (Wildman–Crippen LogP) is 4.81. The monoisotopic (exact) mass is 443 g/mol. The number of anilines is 2. The van der Waals surface area contributed by atoms with Crippen LogP contribution in [-0.4, -0.2) is 42.6 Å². The number of thiophene rings is 1. The van der Waals surface area contributed by atoms with E-state index in [1.165, 1.54) is 11.3 Å². The van der Waals surface area contributed by atoms with Gasteiger partial charge in [0.2, 0.25) is 5.95 Å². The highest BCUT2D eigenvalue weighted by Gasteiger charge is 2.23. The lowest BCUT2D eigenvalue weighted by Gasteiger charge is -2.29. The van der Waals surface area contributed by atoms with Crippen LogP contribution in [0.5, 0.6) is 0 Å². The van der Waals surface area contributed by atoms with E-state index >= 15 is 0 Å². The van der Waals surface area contributed by atoms with E-state index in [-0.39, 0.29) is 5.91 Å². The van der Waals surface area contributed by atoms with Crippen LogP contribution in [0.4, 0.5) is 11.8 Å². The highest BCUT2D eigenvalue weighted by molar-refractivity contribution is 7.12. The molecule has 0 aliphatic heterocycles. The third-order valence-corrected chi connectivity index (χ3v) is 6.90. The van der Waals surface area contributed by atoms with Crippen LogP contribution in [0, 0.1) is 5.92 Å². The van der Waals surface area contributed by atoms with Gasteiger partial charge in [0.25, 0.3) is 5.91 Å². The summed E-state index contributed by atoms with van der Waals surface area (Å²) in [7, 11) is 4.00. The highest BCUT2D eigenvalue weighted by Crippen LogP contribution is 2.28. The maximum absolute atomic E-state index is 12.3. The molecule has 1 amide bonds. The Hall–Kier alpha value is -2.38. The molecule has 30 heavy (non-hydrogen) atoms. The summed E-state index contributed by atoms with van der Waals surface area (Å²) in [6.07, 6.45) is 4.19. The molecule has 4 rings (SSSR count). The van der Waals surface area contributed by atoms with Gasteiger partial charge in [0.1, 0.15) is 10.7 Å². The average molecular weight is 444 g/mol. The van der Waals surface area contributed by atoms with Gasteiger partial charge in [0, 0.05) is 32.1 Å². The number of amides is 1. The molecule has 2 aromatic heterocycles. The summed E-state index contributed by atoms with van der Waals surface area (Å²) in [5.74, 6) is 2.02. The van der Waals surface area contributed by atoms with Crippen molar-refractivity contribution >= 4 is 51.5 Å². The fourth-order valence-corrected chi connectivity index (χ4v) is 4.99. The maximum Gasteiger partial charge on any atom is 0.262 e. The minimum atomic E-state index is -0.0731. The SMILES string of the molecule is CN(C)c1nc(NC2CCC(CNC(=O)c3sccc3Cl)CC2)nc2ccccc12. The van der Waals surface area contributed by atoms with Gasteiger partial charge >= 0.3 is 0 Å². The minimum Gasteiger partial charge on any atom is -0.362 e. The topological polar surface area (TPSA) is 70.2 Å². The van der Waals surface area contributed by atoms with E-state index < -0.39 is 0 Å². The van der Waals surface area contributed by atoms with Crippen molar-refractivity contribution in [1.29, 1.82) is 0 Å². The molecule has 1 aromatic carbocycles. The van der Waals surface area contributed by atoms with E-state index in [0.717, 1.165) is 42.4 Å². The Bertz CT molecular complexity index is 1030. The minimum absolute atomic E-state index is 0.0731. The third kappa shape index (κ3) is 4.68. The molecule has 0 bridgehead atoms.